The fourth-order valence-corrected chi connectivity index (χ4v) is 2.94. The second-order valence-corrected chi connectivity index (χ2v) is 5.09. The van der Waals surface area contributed by atoms with E-state index in [1.807, 2.05) is 18.7 Å². The maximum absolute atomic E-state index is 11.6. The molecule has 1 rings (SSSR count). The van der Waals surface area contributed by atoms with Gasteiger partial charge in [-0.1, -0.05) is 13.3 Å². The van der Waals surface area contributed by atoms with Crippen molar-refractivity contribution in [2.24, 2.45) is 11.8 Å². The van der Waals surface area contributed by atoms with E-state index in [9.17, 15) is 4.79 Å². The molecule has 0 aliphatic carbocycles. The van der Waals surface area contributed by atoms with Gasteiger partial charge >= 0.3 is 0 Å². The number of hydrogen-bond acceptors (Lipinski definition) is 3. The first-order valence-corrected chi connectivity index (χ1v) is 6.68. The van der Waals surface area contributed by atoms with Crippen molar-refractivity contribution in [3.63, 3.8) is 0 Å². The lowest BCUT2D eigenvalue weighted by molar-refractivity contribution is -0.123. The van der Waals surface area contributed by atoms with Crippen LogP contribution in [0.5, 0.6) is 0 Å². The third-order valence-electron chi connectivity index (χ3n) is 2.64. The van der Waals surface area contributed by atoms with E-state index in [4.69, 9.17) is 5.26 Å². The molecule has 0 aromatic heterocycles. The van der Waals surface area contributed by atoms with Crippen molar-refractivity contribution in [1.82, 2.24) is 5.32 Å². The first-order valence-electron chi connectivity index (χ1n) is 5.53. The Balaban J connectivity index is 2.24. The van der Waals surface area contributed by atoms with E-state index in [0.717, 1.165) is 18.7 Å². The number of nitrogens with zero attached hydrogens (tertiary/aromatic N) is 1. The minimum Gasteiger partial charge on any atom is -0.355 e. The Labute approximate surface area is 95.6 Å². The molecule has 0 bridgehead atoms. The summed E-state index contributed by atoms with van der Waals surface area (Å²) >= 11 is 1.94. The SMILES string of the molecule is CCCC(C#N)C(=O)NCC1CCSC1. The van der Waals surface area contributed by atoms with E-state index >= 15 is 0 Å². The van der Waals surface area contributed by atoms with Crippen molar-refractivity contribution in [3.8, 4) is 6.07 Å². The fourth-order valence-electron chi connectivity index (χ4n) is 1.66. The van der Waals surface area contributed by atoms with Crippen LogP contribution in [-0.4, -0.2) is 24.0 Å². The zero-order valence-corrected chi connectivity index (χ0v) is 9.98. The number of nitrogens with one attached hydrogen (secondary N) is 1. The lowest BCUT2D eigenvalue weighted by atomic mass is 10.0. The third-order valence-corrected chi connectivity index (χ3v) is 3.87. The molecule has 15 heavy (non-hydrogen) atoms. The number of amides is 1. The minimum atomic E-state index is -0.455. The molecule has 1 amide bonds. The van der Waals surface area contributed by atoms with Gasteiger partial charge in [0.1, 0.15) is 5.92 Å². The molecule has 0 aromatic rings. The maximum atomic E-state index is 11.6. The minimum absolute atomic E-state index is 0.0868. The molecule has 1 heterocycles. The number of carbonyl (C=O) groups excluding carboxylic acids is 1. The van der Waals surface area contributed by atoms with Gasteiger partial charge in [0.2, 0.25) is 5.91 Å². The van der Waals surface area contributed by atoms with Crippen LogP contribution in [0.3, 0.4) is 0 Å². The van der Waals surface area contributed by atoms with Crippen LogP contribution in [0, 0.1) is 23.2 Å². The van der Waals surface area contributed by atoms with Crippen molar-refractivity contribution in [2.75, 3.05) is 18.1 Å². The number of thioether (sulfide) groups is 1. The predicted octanol–water partition coefficient (Wildman–Crippen LogP) is 1.80. The Morgan fingerprint density at radius 1 is 1.73 bits per heavy atom. The molecule has 1 N–H and O–H groups in total. The molecular weight excluding hydrogens is 208 g/mol. The van der Waals surface area contributed by atoms with Crippen molar-refractivity contribution in [3.05, 3.63) is 0 Å². The van der Waals surface area contributed by atoms with E-state index in [1.54, 1.807) is 0 Å². The molecule has 4 heteroatoms. The summed E-state index contributed by atoms with van der Waals surface area (Å²) in [6, 6.07) is 2.06. The number of hydrogen-bond donors (Lipinski definition) is 1. The average Bonchev–Trinajstić information content (AvgIpc) is 2.75. The molecule has 0 saturated carbocycles. The molecule has 0 radical (unpaired) electrons. The van der Waals surface area contributed by atoms with E-state index in [0.29, 0.717) is 12.3 Å². The molecular formula is C11H18N2OS. The highest BCUT2D eigenvalue weighted by atomic mass is 32.2. The predicted molar refractivity (Wildman–Crippen MR) is 62.5 cm³/mol. The van der Waals surface area contributed by atoms with Crippen molar-refractivity contribution < 1.29 is 4.79 Å². The summed E-state index contributed by atoms with van der Waals surface area (Å²) in [7, 11) is 0. The molecule has 3 nitrogen and oxygen atoms in total. The Bertz CT molecular complexity index is 243. The Hall–Kier alpha value is -0.690. The van der Waals surface area contributed by atoms with Crippen LogP contribution < -0.4 is 5.32 Å². The van der Waals surface area contributed by atoms with Crippen molar-refractivity contribution >= 4 is 17.7 Å². The standard InChI is InChI=1S/C11H18N2OS/c1-2-3-10(6-12)11(14)13-7-9-4-5-15-8-9/h9-10H,2-5,7-8H2,1H3,(H,13,14). The quantitative estimate of drug-likeness (QED) is 0.777. The number of rotatable bonds is 5. The van der Waals surface area contributed by atoms with Gasteiger partial charge in [0.25, 0.3) is 0 Å². The summed E-state index contributed by atoms with van der Waals surface area (Å²) in [6.07, 6.45) is 2.74. The lowest BCUT2D eigenvalue weighted by Crippen LogP contribution is -2.33. The lowest BCUT2D eigenvalue weighted by Gasteiger charge is -2.12. The summed E-state index contributed by atoms with van der Waals surface area (Å²) in [5, 5.41) is 11.7. The topological polar surface area (TPSA) is 52.9 Å². The molecule has 0 aromatic carbocycles. The Morgan fingerprint density at radius 2 is 2.53 bits per heavy atom. The van der Waals surface area contributed by atoms with E-state index in [2.05, 4.69) is 11.4 Å². The summed E-state index contributed by atoms with van der Waals surface area (Å²) in [4.78, 5) is 11.6. The van der Waals surface area contributed by atoms with Gasteiger partial charge in [-0.3, -0.25) is 4.79 Å². The molecule has 1 aliphatic heterocycles. The Morgan fingerprint density at radius 3 is 3.07 bits per heavy atom. The van der Waals surface area contributed by atoms with E-state index in [-0.39, 0.29) is 5.91 Å². The zero-order chi connectivity index (χ0) is 11.1. The summed E-state index contributed by atoms with van der Waals surface area (Å²) < 4.78 is 0. The summed E-state index contributed by atoms with van der Waals surface area (Å²) in [5.74, 6) is 2.42. The van der Waals surface area contributed by atoms with Crippen LogP contribution in [0.1, 0.15) is 26.2 Å². The van der Waals surface area contributed by atoms with Gasteiger partial charge in [0, 0.05) is 6.54 Å². The van der Waals surface area contributed by atoms with Gasteiger partial charge in [0.05, 0.1) is 6.07 Å². The molecule has 2 unspecified atom stereocenters. The first-order chi connectivity index (χ1) is 7.27. The zero-order valence-electron chi connectivity index (χ0n) is 9.16. The van der Waals surface area contributed by atoms with E-state index < -0.39 is 5.92 Å². The Kier molecular flexibility index (Phi) is 5.56. The molecule has 1 fully saturated rings. The maximum Gasteiger partial charge on any atom is 0.237 e. The van der Waals surface area contributed by atoms with Crippen molar-refractivity contribution in [1.29, 1.82) is 5.26 Å². The monoisotopic (exact) mass is 226 g/mol. The number of carbonyl (C=O) groups is 1. The summed E-state index contributed by atoms with van der Waals surface area (Å²) in [6.45, 7) is 2.74. The van der Waals surface area contributed by atoms with Gasteiger partial charge in [-0.25, -0.2) is 0 Å². The van der Waals surface area contributed by atoms with Crippen LogP contribution in [-0.2, 0) is 4.79 Å². The van der Waals surface area contributed by atoms with Gasteiger partial charge in [0.15, 0.2) is 0 Å². The molecule has 84 valence electrons. The molecule has 0 spiro atoms. The second-order valence-electron chi connectivity index (χ2n) is 3.95. The van der Waals surface area contributed by atoms with Gasteiger partial charge in [-0.05, 0) is 30.3 Å². The average molecular weight is 226 g/mol. The van der Waals surface area contributed by atoms with Crippen LogP contribution in [0.15, 0.2) is 0 Å². The fraction of sp³-hybridized carbons (Fsp3) is 0.818. The van der Waals surface area contributed by atoms with E-state index in [1.165, 1.54) is 12.2 Å². The van der Waals surface area contributed by atoms with Gasteiger partial charge in [-0.15, -0.1) is 0 Å². The molecule has 1 aliphatic rings. The van der Waals surface area contributed by atoms with Gasteiger partial charge in [-0.2, -0.15) is 17.0 Å². The highest BCUT2D eigenvalue weighted by Crippen LogP contribution is 2.22. The van der Waals surface area contributed by atoms with Crippen LogP contribution in [0.25, 0.3) is 0 Å². The highest BCUT2D eigenvalue weighted by Gasteiger charge is 2.20. The van der Waals surface area contributed by atoms with Crippen LogP contribution >= 0.6 is 11.8 Å². The van der Waals surface area contributed by atoms with Gasteiger partial charge < -0.3 is 5.32 Å². The smallest absolute Gasteiger partial charge is 0.237 e. The first kappa shape index (κ1) is 12.4. The van der Waals surface area contributed by atoms with Crippen LogP contribution in [0.4, 0.5) is 0 Å². The molecule has 1 saturated heterocycles. The second kappa shape index (κ2) is 6.73. The largest absolute Gasteiger partial charge is 0.355 e. The number of nitriles is 1. The van der Waals surface area contributed by atoms with Crippen LogP contribution in [0.2, 0.25) is 0 Å². The summed E-state index contributed by atoms with van der Waals surface area (Å²) in [5.41, 5.74) is 0. The normalized spacial score (nSPS) is 22.0. The van der Waals surface area contributed by atoms with Crippen molar-refractivity contribution in [2.45, 2.75) is 26.2 Å². The highest BCUT2D eigenvalue weighted by molar-refractivity contribution is 7.99. The third kappa shape index (κ3) is 4.13. The molecule has 2 atom stereocenters.